The zero-order chi connectivity index (χ0) is 12.3. The number of hydrogen-bond acceptors (Lipinski definition) is 3. The molecule has 0 saturated heterocycles. The molecule has 0 saturated carbocycles. The van der Waals surface area contributed by atoms with Crippen molar-refractivity contribution in [2.24, 2.45) is 12.8 Å². The fraction of sp³-hybridized carbons (Fsp3) is 0.308. The van der Waals surface area contributed by atoms with Crippen LogP contribution in [0.2, 0.25) is 0 Å². The molecule has 2 aromatic rings. The van der Waals surface area contributed by atoms with Gasteiger partial charge in [0, 0.05) is 30.4 Å². The topological polar surface area (TPSA) is 43.8 Å². The number of aryl methyl sites for hydroxylation is 1. The molecule has 90 valence electrons. The zero-order valence-electron chi connectivity index (χ0n) is 10.1. The number of imidazole rings is 1. The van der Waals surface area contributed by atoms with E-state index in [0.717, 1.165) is 11.6 Å². The van der Waals surface area contributed by atoms with Gasteiger partial charge in [0.15, 0.2) is 0 Å². The molecule has 1 atom stereocenters. The standard InChI is InChI=1S/C13H17N3S/c1-10(14)11-3-5-12(6-4-11)17-9-13-15-7-8-16(13)2/h3-8,10H,9,14H2,1-2H3. The summed E-state index contributed by atoms with van der Waals surface area (Å²) in [6.07, 6.45) is 3.80. The average Bonchev–Trinajstić information content (AvgIpc) is 2.73. The normalized spacial score (nSPS) is 12.6. The van der Waals surface area contributed by atoms with E-state index in [-0.39, 0.29) is 6.04 Å². The quantitative estimate of drug-likeness (QED) is 0.845. The van der Waals surface area contributed by atoms with E-state index >= 15 is 0 Å². The van der Waals surface area contributed by atoms with Crippen molar-refractivity contribution >= 4 is 11.8 Å². The molecule has 4 heteroatoms. The number of benzene rings is 1. The number of nitrogens with zero attached hydrogens (tertiary/aromatic N) is 2. The Labute approximate surface area is 106 Å². The molecule has 1 aromatic carbocycles. The second-order valence-corrected chi connectivity index (χ2v) is 5.15. The monoisotopic (exact) mass is 247 g/mol. The minimum Gasteiger partial charge on any atom is -0.337 e. The summed E-state index contributed by atoms with van der Waals surface area (Å²) >= 11 is 1.79. The molecular weight excluding hydrogens is 230 g/mol. The van der Waals surface area contributed by atoms with E-state index in [9.17, 15) is 0 Å². The Balaban J connectivity index is 1.98. The molecule has 2 N–H and O–H groups in total. The van der Waals surface area contributed by atoms with Crippen LogP contribution in [0.3, 0.4) is 0 Å². The molecule has 2 rings (SSSR count). The molecule has 1 aromatic heterocycles. The van der Waals surface area contributed by atoms with E-state index in [1.165, 1.54) is 10.5 Å². The van der Waals surface area contributed by atoms with Gasteiger partial charge in [-0.3, -0.25) is 0 Å². The van der Waals surface area contributed by atoms with Gasteiger partial charge in [0.05, 0.1) is 5.75 Å². The minimum absolute atomic E-state index is 0.101. The van der Waals surface area contributed by atoms with Gasteiger partial charge in [0.25, 0.3) is 0 Å². The first kappa shape index (κ1) is 12.2. The van der Waals surface area contributed by atoms with Crippen LogP contribution >= 0.6 is 11.8 Å². The molecule has 17 heavy (non-hydrogen) atoms. The van der Waals surface area contributed by atoms with Crippen molar-refractivity contribution in [3.8, 4) is 0 Å². The van der Waals surface area contributed by atoms with E-state index in [2.05, 4.69) is 29.2 Å². The van der Waals surface area contributed by atoms with E-state index in [0.29, 0.717) is 0 Å². The third-order valence-electron chi connectivity index (χ3n) is 2.69. The maximum absolute atomic E-state index is 5.81. The van der Waals surface area contributed by atoms with Crippen molar-refractivity contribution in [2.75, 3.05) is 0 Å². The molecule has 0 fully saturated rings. The van der Waals surface area contributed by atoms with Gasteiger partial charge in [0.1, 0.15) is 5.82 Å². The van der Waals surface area contributed by atoms with Crippen molar-refractivity contribution in [3.63, 3.8) is 0 Å². The predicted octanol–water partition coefficient (Wildman–Crippen LogP) is 2.73. The highest BCUT2D eigenvalue weighted by atomic mass is 32.2. The van der Waals surface area contributed by atoms with Crippen molar-refractivity contribution in [2.45, 2.75) is 23.6 Å². The first-order chi connectivity index (χ1) is 8.16. The van der Waals surface area contributed by atoms with Crippen LogP contribution in [0.5, 0.6) is 0 Å². The van der Waals surface area contributed by atoms with Crippen LogP contribution in [0.25, 0.3) is 0 Å². The molecule has 0 amide bonds. The average molecular weight is 247 g/mol. The second kappa shape index (κ2) is 5.38. The Hall–Kier alpha value is -1.26. The van der Waals surface area contributed by atoms with E-state index in [1.807, 2.05) is 30.9 Å². The van der Waals surface area contributed by atoms with Crippen molar-refractivity contribution in [1.29, 1.82) is 0 Å². The van der Waals surface area contributed by atoms with Crippen LogP contribution in [-0.2, 0) is 12.8 Å². The van der Waals surface area contributed by atoms with Crippen LogP contribution in [0.1, 0.15) is 24.4 Å². The first-order valence-electron chi connectivity index (χ1n) is 5.61. The lowest BCUT2D eigenvalue weighted by Crippen LogP contribution is -2.04. The van der Waals surface area contributed by atoms with Crippen molar-refractivity contribution < 1.29 is 0 Å². The fourth-order valence-electron chi connectivity index (χ4n) is 1.55. The highest BCUT2D eigenvalue weighted by molar-refractivity contribution is 7.98. The minimum atomic E-state index is 0.101. The number of aromatic nitrogens is 2. The molecule has 3 nitrogen and oxygen atoms in total. The van der Waals surface area contributed by atoms with Crippen LogP contribution in [0.15, 0.2) is 41.6 Å². The zero-order valence-corrected chi connectivity index (χ0v) is 10.9. The van der Waals surface area contributed by atoms with Gasteiger partial charge < -0.3 is 10.3 Å². The summed E-state index contributed by atoms with van der Waals surface area (Å²) in [4.78, 5) is 5.55. The molecule has 0 aliphatic rings. The molecule has 1 heterocycles. The lowest BCUT2D eigenvalue weighted by Gasteiger charge is -2.06. The van der Waals surface area contributed by atoms with Crippen LogP contribution < -0.4 is 5.73 Å². The number of nitrogens with two attached hydrogens (primary N) is 1. The van der Waals surface area contributed by atoms with E-state index < -0.39 is 0 Å². The van der Waals surface area contributed by atoms with Crippen molar-refractivity contribution in [1.82, 2.24) is 9.55 Å². The Morgan fingerprint density at radius 2 is 2.06 bits per heavy atom. The van der Waals surface area contributed by atoms with E-state index in [4.69, 9.17) is 5.73 Å². The summed E-state index contributed by atoms with van der Waals surface area (Å²) in [6, 6.07) is 8.51. The number of thioether (sulfide) groups is 1. The Kier molecular flexibility index (Phi) is 3.86. The highest BCUT2D eigenvalue weighted by Crippen LogP contribution is 2.23. The molecule has 1 unspecified atom stereocenters. The van der Waals surface area contributed by atoms with Crippen LogP contribution in [0.4, 0.5) is 0 Å². The summed E-state index contributed by atoms with van der Waals surface area (Å²) in [7, 11) is 2.02. The second-order valence-electron chi connectivity index (χ2n) is 4.10. The summed E-state index contributed by atoms with van der Waals surface area (Å²) in [6.45, 7) is 2.00. The Morgan fingerprint density at radius 3 is 2.59 bits per heavy atom. The third-order valence-corrected chi connectivity index (χ3v) is 3.70. The SMILES string of the molecule is CC(N)c1ccc(SCc2nccn2C)cc1. The largest absolute Gasteiger partial charge is 0.337 e. The van der Waals surface area contributed by atoms with Crippen LogP contribution in [0, 0.1) is 0 Å². The first-order valence-corrected chi connectivity index (χ1v) is 6.60. The smallest absolute Gasteiger partial charge is 0.118 e. The molecule has 0 radical (unpaired) electrons. The number of hydrogen-bond donors (Lipinski definition) is 1. The Bertz CT molecular complexity index is 474. The Morgan fingerprint density at radius 1 is 1.35 bits per heavy atom. The summed E-state index contributed by atoms with van der Waals surface area (Å²) < 4.78 is 2.04. The molecule has 0 bridgehead atoms. The van der Waals surface area contributed by atoms with Gasteiger partial charge in [-0.1, -0.05) is 12.1 Å². The summed E-state index contributed by atoms with van der Waals surface area (Å²) in [5, 5.41) is 0. The maximum Gasteiger partial charge on any atom is 0.118 e. The van der Waals surface area contributed by atoms with Gasteiger partial charge >= 0.3 is 0 Å². The van der Waals surface area contributed by atoms with Crippen LogP contribution in [-0.4, -0.2) is 9.55 Å². The molecular formula is C13H17N3S. The molecule has 0 aliphatic heterocycles. The predicted molar refractivity (Wildman–Crippen MR) is 71.8 cm³/mol. The van der Waals surface area contributed by atoms with Gasteiger partial charge in [-0.15, -0.1) is 11.8 Å². The summed E-state index contributed by atoms with van der Waals surface area (Å²) in [5.41, 5.74) is 6.99. The van der Waals surface area contributed by atoms with Gasteiger partial charge in [-0.2, -0.15) is 0 Å². The third kappa shape index (κ3) is 3.11. The fourth-order valence-corrected chi connectivity index (χ4v) is 2.45. The lowest BCUT2D eigenvalue weighted by atomic mass is 10.1. The molecule has 0 spiro atoms. The maximum atomic E-state index is 5.81. The van der Waals surface area contributed by atoms with Gasteiger partial charge in [-0.05, 0) is 24.6 Å². The van der Waals surface area contributed by atoms with Gasteiger partial charge in [0.2, 0.25) is 0 Å². The van der Waals surface area contributed by atoms with E-state index in [1.54, 1.807) is 11.8 Å². The highest BCUT2D eigenvalue weighted by Gasteiger charge is 2.02. The van der Waals surface area contributed by atoms with Gasteiger partial charge in [-0.25, -0.2) is 4.98 Å². The van der Waals surface area contributed by atoms with Crippen molar-refractivity contribution in [3.05, 3.63) is 48.0 Å². The number of rotatable bonds is 4. The molecule has 0 aliphatic carbocycles. The summed E-state index contributed by atoms with van der Waals surface area (Å²) in [5.74, 6) is 1.98. The lowest BCUT2D eigenvalue weighted by molar-refractivity contribution is 0.817.